The van der Waals surface area contributed by atoms with Gasteiger partial charge in [0.25, 0.3) is 5.56 Å². The van der Waals surface area contributed by atoms with E-state index in [-0.39, 0.29) is 11.1 Å². The van der Waals surface area contributed by atoms with Crippen LogP contribution in [0, 0.1) is 20.8 Å². The Kier molecular flexibility index (Phi) is 3.68. The molecular formula is C15H14ClNO3. The maximum Gasteiger partial charge on any atom is 0.337 e. The first kappa shape index (κ1) is 14.3. The normalized spacial score (nSPS) is 10.6. The Morgan fingerprint density at radius 3 is 2.15 bits per heavy atom. The third-order valence-electron chi connectivity index (χ3n) is 3.46. The van der Waals surface area contributed by atoms with Crippen LogP contribution < -0.4 is 5.56 Å². The summed E-state index contributed by atoms with van der Waals surface area (Å²) < 4.78 is 1.40. The Hall–Kier alpha value is -2.07. The first-order chi connectivity index (χ1) is 9.34. The van der Waals surface area contributed by atoms with Gasteiger partial charge in [-0.1, -0.05) is 11.6 Å². The standard InChI is InChI=1S/C15H14ClNO3/c1-8-9(2)14(18)17(10(3)13(8)15(19)20)12-6-4-11(16)5-7-12/h4-7H,1-3H3,(H,19,20). The number of halogens is 1. The minimum Gasteiger partial charge on any atom is -0.478 e. The van der Waals surface area contributed by atoms with Crippen molar-refractivity contribution in [1.82, 2.24) is 4.57 Å². The molecule has 0 aliphatic carbocycles. The van der Waals surface area contributed by atoms with E-state index in [1.165, 1.54) is 4.57 Å². The van der Waals surface area contributed by atoms with Crippen molar-refractivity contribution in [2.75, 3.05) is 0 Å². The summed E-state index contributed by atoms with van der Waals surface area (Å²) in [6.07, 6.45) is 0. The highest BCUT2D eigenvalue weighted by molar-refractivity contribution is 6.30. The van der Waals surface area contributed by atoms with Gasteiger partial charge in [0, 0.05) is 22.0 Å². The molecule has 1 aromatic heterocycles. The zero-order valence-electron chi connectivity index (χ0n) is 11.4. The first-order valence-electron chi connectivity index (χ1n) is 6.06. The number of pyridine rings is 1. The van der Waals surface area contributed by atoms with Gasteiger partial charge in [-0.05, 0) is 50.6 Å². The molecule has 0 aliphatic rings. The topological polar surface area (TPSA) is 59.3 Å². The lowest BCUT2D eigenvalue weighted by atomic mass is 10.0. The van der Waals surface area contributed by atoms with Gasteiger partial charge in [0.2, 0.25) is 0 Å². The van der Waals surface area contributed by atoms with Crippen LogP contribution in [-0.4, -0.2) is 15.6 Å². The molecule has 20 heavy (non-hydrogen) atoms. The van der Waals surface area contributed by atoms with Crippen molar-refractivity contribution in [1.29, 1.82) is 0 Å². The van der Waals surface area contributed by atoms with Gasteiger partial charge in [-0.2, -0.15) is 0 Å². The number of carboxylic acids is 1. The largest absolute Gasteiger partial charge is 0.478 e. The minimum atomic E-state index is -1.04. The summed E-state index contributed by atoms with van der Waals surface area (Å²) in [6, 6.07) is 6.71. The van der Waals surface area contributed by atoms with Gasteiger partial charge >= 0.3 is 5.97 Å². The Balaban J connectivity index is 2.86. The Morgan fingerprint density at radius 2 is 1.65 bits per heavy atom. The lowest BCUT2D eigenvalue weighted by Gasteiger charge is -2.16. The highest BCUT2D eigenvalue weighted by Gasteiger charge is 2.19. The van der Waals surface area contributed by atoms with Gasteiger partial charge < -0.3 is 5.11 Å². The van der Waals surface area contributed by atoms with Crippen LogP contribution in [0.4, 0.5) is 0 Å². The summed E-state index contributed by atoms with van der Waals surface area (Å²) >= 11 is 5.84. The van der Waals surface area contributed by atoms with Crippen LogP contribution in [0.5, 0.6) is 0 Å². The van der Waals surface area contributed by atoms with Crippen LogP contribution in [0.3, 0.4) is 0 Å². The van der Waals surface area contributed by atoms with E-state index in [4.69, 9.17) is 11.6 Å². The van der Waals surface area contributed by atoms with E-state index in [9.17, 15) is 14.7 Å². The highest BCUT2D eigenvalue weighted by Crippen LogP contribution is 2.19. The molecule has 1 heterocycles. The second-order valence-electron chi connectivity index (χ2n) is 4.63. The number of benzene rings is 1. The number of rotatable bonds is 2. The summed E-state index contributed by atoms with van der Waals surface area (Å²) in [5.74, 6) is -1.04. The quantitative estimate of drug-likeness (QED) is 0.925. The number of carbonyl (C=O) groups is 1. The van der Waals surface area contributed by atoms with E-state index in [0.717, 1.165) is 0 Å². The molecule has 0 spiro atoms. The molecule has 0 saturated heterocycles. The minimum absolute atomic E-state index is 0.164. The molecule has 2 rings (SSSR count). The number of aromatic carboxylic acids is 1. The molecule has 0 radical (unpaired) electrons. The van der Waals surface area contributed by atoms with Crippen LogP contribution in [0.25, 0.3) is 5.69 Å². The smallest absolute Gasteiger partial charge is 0.337 e. The van der Waals surface area contributed by atoms with Gasteiger partial charge in [0.05, 0.1) is 5.56 Å². The molecule has 0 unspecified atom stereocenters. The van der Waals surface area contributed by atoms with E-state index >= 15 is 0 Å². The summed E-state index contributed by atoms with van der Waals surface area (Å²) in [5, 5.41) is 9.90. The zero-order valence-corrected chi connectivity index (χ0v) is 12.2. The fourth-order valence-electron chi connectivity index (χ4n) is 2.27. The van der Waals surface area contributed by atoms with Crippen LogP contribution in [0.15, 0.2) is 29.1 Å². The van der Waals surface area contributed by atoms with Crippen molar-refractivity contribution in [2.24, 2.45) is 0 Å². The number of aromatic nitrogens is 1. The van der Waals surface area contributed by atoms with Crippen LogP contribution in [0.2, 0.25) is 5.02 Å². The first-order valence-corrected chi connectivity index (χ1v) is 6.44. The molecular weight excluding hydrogens is 278 g/mol. The summed E-state index contributed by atoms with van der Waals surface area (Å²) in [7, 11) is 0. The predicted octanol–water partition coefficient (Wildman–Crippen LogP) is 3.11. The molecule has 1 aromatic carbocycles. The fourth-order valence-corrected chi connectivity index (χ4v) is 2.39. The molecule has 4 nitrogen and oxygen atoms in total. The average molecular weight is 292 g/mol. The average Bonchev–Trinajstić information content (AvgIpc) is 2.38. The second kappa shape index (κ2) is 5.13. The van der Waals surface area contributed by atoms with Crippen LogP contribution in [0.1, 0.15) is 27.2 Å². The number of nitrogens with zero attached hydrogens (tertiary/aromatic N) is 1. The lowest BCUT2D eigenvalue weighted by molar-refractivity contribution is 0.0694. The molecule has 0 amide bonds. The van der Waals surface area contributed by atoms with Crippen LogP contribution in [-0.2, 0) is 0 Å². The van der Waals surface area contributed by atoms with Crippen molar-refractivity contribution < 1.29 is 9.90 Å². The molecule has 0 fully saturated rings. The molecule has 2 aromatic rings. The van der Waals surface area contributed by atoms with Gasteiger partial charge in [-0.15, -0.1) is 0 Å². The Bertz CT molecular complexity index is 745. The molecule has 1 N–H and O–H groups in total. The highest BCUT2D eigenvalue weighted by atomic mass is 35.5. The second-order valence-corrected chi connectivity index (χ2v) is 5.07. The molecule has 5 heteroatoms. The van der Waals surface area contributed by atoms with Gasteiger partial charge in [-0.25, -0.2) is 4.79 Å². The Morgan fingerprint density at radius 1 is 1.10 bits per heavy atom. The summed E-state index contributed by atoms with van der Waals surface area (Å²) in [6.45, 7) is 4.92. The van der Waals surface area contributed by atoms with Crippen molar-refractivity contribution >= 4 is 17.6 Å². The number of carboxylic acid groups (broad SMARTS) is 1. The monoisotopic (exact) mass is 291 g/mol. The number of hydrogen-bond acceptors (Lipinski definition) is 2. The fraction of sp³-hybridized carbons (Fsp3) is 0.200. The predicted molar refractivity (Wildman–Crippen MR) is 78.2 cm³/mol. The number of hydrogen-bond donors (Lipinski definition) is 1. The van der Waals surface area contributed by atoms with Crippen molar-refractivity contribution in [3.05, 3.63) is 62.0 Å². The molecule has 0 aliphatic heterocycles. The van der Waals surface area contributed by atoms with Crippen LogP contribution >= 0.6 is 11.6 Å². The summed E-state index contributed by atoms with van der Waals surface area (Å²) in [4.78, 5) is 23.8. The van der Waals surface area contributed by atoms with E-state index in [1.54, 1.807) is 45.0 Å². The zero-order chi connectivity index (χ0) is 15.0. The maximum atomic E-state index is 12.4. The summed E-state index contributed by atoms with van der Waals surface area (Å²) in [5.41, 5.74) is 1.90. The van der Waals surface area contributed by atoms with Gasteiger partial charge in [0.1, 0.15) is 0 Å². The Labute approximate surface area is 121 Å². The van der Waals surface area contributed by atoms with E-state index in [2.05, 4.69) is 0 Å². The molecule has 0 bridgehead atoms. The third kappa shape index (κ3) is 2.23. The maximum absolute atomic E-state index is 12.4. The SMILES string of the molecule is Cc1c(C(=O)O)c(C)n(-c2ccc(Cl)cc2)c(=O)c1C. The van der Waals surface area contributed by atoms with Gasteiger partial charge in [0.15, 0.2) is 0 Å². The van der Waals surface area contributed by atoms with Gasteiger partial charge in [-0.3, -0.25) is 9.36 Å². The third-order valence-corrected chi connectivity index (χ3v) is 3.71. The lowest BCUT2D eigenvalue weighted by Crippen LogP contribution is -2.27. The van der Waals surface area contributed by atoms with Crippen molar-refractivity contribution in [3.63, 3.8) is 0 Å². The molecule has 104 valence electrons. The van der Waals surface area contributed by atoms with Crippen molar-refractivity contribution in [2.45, 2.75) is 20.8 Å². The van der Waals surface area contributed by atoms with E-state index in [1.807, 2.05) is 0 Å². The van der Waals surface area contributed by atoms with E-state index in [0.29, 0.717) is 27.5 Å². The van der Waals surface area contributed by atoms with Crippen molar-refractivity contribution in [3.8, 4) is 5.69 Å². The van der Waals surface area contributed by atoms with E-state index < -0.39 is 5.97 Å². The molecule has 0 atom stereocenters. The molecule has 0 saturated carbocycles.